The van der Waals surface area contributed by atoms with Crippen LogP contribution in [-0.4, -0.2) is 7.11 Å². The lowest BCUT2D eigenvalue weighted by Gasteiger charge is -2.07. The van der Waals surface area contributed by atoms with E-state index >= 15 is 0 Å². The maximum Gasteiger partial charge on any atom is 0.166 e. The van der Waals surface area contributed by atoms with Crippen molar-refractivity contribution < 1.29 is 13.5 Å². The third-order valence-corrected chi connectivity index (χ3v) is 5.03. The predicted molar refractivity (Wildman–Crippen MR) is 117 cm³/mol. The Bertz CT molecular complexity index is 940. The van der Waals surface area contributed by atoms with Crippen LogP contribution < -0.4 is 4.74 Å². The summed E-state index contributed by atoms with van der Waals surface area (Å²) in [5, 5.41) is 0. The van der Waals surface area contributed by atoms with Crippen molar-refractivity contribution in [3.63, 3.8) is 0 Å². The first kappa shape index (κ1) is 20.8. The normalized spacial score (nSPS) is 11.9. The van der Waals surface area contributed by atoms with Gasteiger partial charge in [-0.05, 0) is 53.8 Å². The van der Waals surface area contributed by atoms with Gasteiger partial charge in [0.25, 0.3) is 0 Å². The molecule has 0 heterocycles. The Morgan fingerprint density at radius 2 is 1.17 bits per heavy atom. The molecular formula is C26H26F2O. The van der Waals surface area contributed by atoms with Crippen LogP contribution in [-0.2, 0) is 6.42 Å². The summed E-state index contributed by atoms with van der Waals surface area (Å²) in [6, 6.07) is 21.5. The monoisotopic (exact) mass is 392 g/mol. The van der Waals surface area contributed by atoms with Gasteiger partial charge in [0, 0.05) is 11.1 Å². The van der Waals surface area contributed by atoms with E-state index in [4.69, 9.17) is 4.74 Å². The molecule has 0 unspecified atom stereocenters. The molecule has 0 aliphatic carbocycles. The van der Waals surface area contributed by atoms with E-state index in [1.807, 2.05) is 12.1 Å². The average Bonchev–Trinajstić information content (AvgIpc) is 2.79. The summed E-state index contributed by atoms with van der Waals surface area (Å²) in [5.74, 6) is -1.15. The van der Waals surface area contributed by atoms with Crippen molar-refractivity contribution in [2.45, 2.75) is 32.6 Å². The number of benzene rings is 3. The molecule has 0 bridgehead atoms. The summed E-state index contributed by atoms with van der Waals surface area (Å²) in [7, 11) is 1.53. The van der Waals surface area contributed by atoms with Crippen LogP contribution in [0.1, 0.15) is 42.9 Å². The van der Waals surface area contributed by atoms with Crippen LogP contribution in [0.5, 0.6) is 5.75 Å². The second kappa shape index (κ2) is 10.0. The molecule has 29 heavy (non-hydrogen) atoms. The number of aryl methyl sites for hydroxylation is 1. The summed E-state index contributed by atoms with van der Waals surface area (Å²) in [6.07, 6.45) is 4.76. The van der Waals surface area contributed by atoms with E-state index in [2.05, 4.69) is 31.2 Å². The van der Waals surface area contributed by atoms with Crippen molar-refractivity contribution in [2.75, 3.05) is 7.11 Å². The number of unbranched alkanes of at least 4 members (excludes halogenated alkanes) is 2. The first-order valence-corrected chi connectivity index (χ1v) is 10.0. The molecule has 0 fully saturated rings. The van der Waals surface area contributed by atoms with Crippen LogP contribution in [0, 0.1) is 0 Å². The zero-order chi connectivity index (χ0) is 20.6. The van der Waals surface area contributed by atoms with E-state index in [-0.39, 0.29) is 11.1 Å². The topological polar surface area (TPSA) is 9.23 Å². The zero-order valence-corrected chi connectivity index (χ0v) is 16.9. The number of halogens is 2. The van der Waals surface area contributed by atoms with Crippen LogP contribution in [0.4, 0.5) is 8.78 Å². The third-order valence-electron chi connectivity index (χ3n) is 5.03. The van der Waals surface area contributed by atoms with Crippen molar-refractivity contribution in [1.82, 2.24) is 0 Å². The molecule has 3 rings (SSSR count). The quantitative estimate of drug-likeness (QED) is 0.280. The summed E-state index contributed by atoms with van der Waals surface area (Å²) in [6.45, 7) is 2.20. The minimum absolute atomic E-state index is 0.186. The van der Waals surface area contributed by atoms with Crippen molar-refractivity contribution in [2.24, 2.45) is 0 Å². The maximum absolute atomic E-state index is 14.6. The lowest BCUT2D eigenvalue weighted by Crippen LogP contribution is -1.88. The number of hydrogen-bond acceptors (Lipinski definition) is 1. The molecule has 0 aliphatic heterocycles. The Morgan fingerprint density at radius 3 is 1.66 bits per heavy atom. The molecule has 3 heteroatoms. The molecule has 0 aliphatic rings. The molecule has 0 saturated heterocycles. The molecular weight excluding hydrogens is 366 g/mol. The second-order valence-electron chi connectivity index (χ2n) is 7.09. The van der Waals surface area contributed by atoms with E-state index < -0.39 is 11.7 Å². The molecule has 0 radical (unpaired) electrons. The molecule has 150 valence electrons. The minimum atomic E-state index is -0.878. The second-order valence-corrected chi connectivity index (χ2v) is 7.09. The highest BCUT2D eigenvalue weighted by Gasteiger charge is 2.12. The first-order chi connectivity index (χ1) is 14.1. The molecule has 0 amide bonds. The average molecular weight is 392 g/mol. The molecule has 0 spiro atoms. The van der Waals surface area contributed by atoms with Crippen LogP contribution in [0.2, 0.25) is 0 Å². The molecule has 0 atom stereocenters. The van der Waals surface area contributed by atoms with Crippen molar-refractivity contribution in [3.05, 3.63) is 89.5 Å². The Hall–Kier alpha value is -2.94. The molecule has 0 aromatic heterocycles. The lowest BCUT2D eigenvalue weighted by atomic mass is 10.00. The fourth-order valence-corrected chi connectivity index (χ4v) is 3.24. The van der Waals surface area contributed by atoms with Crippen LogP contribution in [0.3, 0.4) is 0 Å². The summed E-state index contributed by atoms with van der Waals surface area (Å²) < 4.78 is 34.2. The lowest BCUT2D eigenvalue weighted by molar-refractivity contribution is 0.414. The summed E-state index contributed by atoms with van der Waals surface area (Å²) in [5.41, 5.74) is 3.78. The third kappa shape index (κ3) is 5.32. The Morgan fingerprint density at radius 1 is 0.690 bits per heavy atom. The minimum Gasteiger partial charge on any atom is -0.497 e. The van der Waals surface area contributed by atoms with Crippen molar-refractivity contribution >= 4 is 11.7 Å². The van der Waals surface area contributed by atoms with Gasteiger partial charge < -0.3 is 4.74 Å². The highest BCUT2D eigenvalue weighted by atomic mass is 19.2. The molecule has 1 nitrogen and oxygen atoms in total. The molecule has 3 aromatic rings. The van der Waals surface area contributed by atoms with E-state index in [0.717, 1.165) is 17.5 Å². The highest BCUT2D eigenvalue weighted by molar-refractivity contribution is 5.83. The van der Waals surface area contributed by atoms with Crippen molar-refractivity contribution in [1.29, 1.82) is 0 Å². The fourth-order valence-electron chi connectivity index (χ4n) is 3.24. The molecule has 3 aromatic carbocycles. The number of ether oxygens (including phenoxy) is 1. The van der Waals surface area contributed by atoms with Crippen LogP contribution in [0.25, 0.3) is 22.8 Å². The molecule has 0 saturated carbocycles. The van der Waals surface area contributed by atoms with Gasteiger partial charge in [-0.25, -0.2) is 8.78 Å². The molecule has 0 N–H and O–H groups in total. The predicted octanol–water partition coefficient (Wildman–Crippen LogP) is 7.86. The summed E-state index contributed by atoms with van der Waals surface area (Å²) >= 11 is 0. The highest BCUT2D eigenvalue weighted by Crippen LogP contribution is 2.31. The zero-order valence-electron chi connectivity index (χ0n) is 16.9. The van der Waals surface area contributed by atoms with E-state index in [9.17, 15) is 8.78 Å². The standard InChI is InChI=1S/C26H26F2O/c1-3-4-5-6-19-7-9-20(10-8-19)21-11-13-22(14-12-21)25(27)26(28)23-15-17-24(29-2)18-16-23/h7-18H,3-6H2,1-2H3/b26-25+. The summed E-state index contributed by atoms with van der Waals surface area (Å²) in [4.78, 5) is 0. The van der Waals surface area contributed by atoms with Gasteiger partial charge in [0.15, 0.2) is 11.7 Å². The van der Waals surface area contributed by atoms with E-state index in [1.54, 1.807) is 24.3 Å². The van der Waals surface area contributed by atoms with Gasteiger partial charge in [-0.1, -0.05) is 68.3 Å². The van der Waals surface area contributed by atoms with Gasteiger partial charge in [0.1, 0.15) is 5.75 Å². The van der Waals surface area contributed by atoms with E-state index in [0.29, 0.717) is 5.75 Å². The Balaban J connectivity index is 1.74. The van der Waals surface area contributed by atoms with Gasteiger partial charge in [-0.2, -0.15) is 0 Å². The largest absolute Gasteiger partial charge is 0.497 e. The fraction of sp³-hybridized carbons (Fsp3) is 0.231. The van der Waals surface area contributed by atoms with Gasteiger partial charge in [0.2, 0.25) is 0 Å². The number of methoxy groups -OCH3 is 1. The van der Waals surface area contributed by atoms with Crippen LogP contribution in [0.15, 0.2) is 72.8 Å². The first-order valence-electron chi connectivity index (χ1n) is 10.0. The van der Waals surface area contributed by atoms with Crippen molar-refractivity contribution in [3.8, 4) is 16.9 Å². The van der Waals surface area contributed by atoms with Gasteiger partial charge in [-0.15, -0.1) is 0 Å². The van der Waals surface area contributed by atoms with Gasteiger partial charge in [0.05, 0.1) is 7.11 Å². The number of rotatable bonds is 8. The smallest absolute Gasteiger partial charge is 0.166 e. The SMILES string of the molecule is CCCCCc1ccc(-c2ccc(/C(F)=C(\F)c3ccc(OC)cc3)cc2)cc1. The Labute approximate surface area is 171 Å². The number of hydrogen-bond donors (Lipinski definition) is 0. The Kier molecular flexibility index (Phi) is 7.18. The van der Waals surface area contributed by atoms with Crippen LogP contribution >= 0.6 is 0 Å². The maximum atomic E-state index is 14.6. The van der Waals surface area contributed by atoms with E-state index in [1.165, 1.54) is 44.1 Å². The van der Waals surface area contributed by atoms with Gasteiger partial charge in [-0.3, -0.25) is 0 Å². The van der Waals surface area contributed by atoms with Gasteiger partial charge >= 0.3 is 0 Å².